The lowest BCUT2D eigenvalue weighted by Gasteiger charge is -2.26. The van der Waals surface area contributed by atoms with Gasteiger partial charge >= 0.3 is 0 Å². The Morgan fingerprint density at radius 3 is 2.63 bits per heavy atom. The molecule has 138 valence electrons. The van der Waals surface area contributed by atoms with Crippen LogP contribution in [0.15, 0.2) is 24.3 Å². The maximum atomic E-state index is 14.2. The van der Waals surface area contributed by atoms with Crippen molar-refractivity contribution in [2.24, 2.45) is 7.05 Å². The van der Waals surface area contributed by atoms with E-state index < -0.39 is 5.60 Å². The summed E-state index contributed by atoms with van der Waals surface area (Å²) >= 11 is 0. The number of imidazole rings is 1. The van der Waals surface area contributed by atoms with Gasteiger partial charge in [0.05, 0.1) is 5.56 Å². The minimum atomic E-state index is -0.990. The van der Waals surface area contributed by atoms with Gasteiger partial charge in [0, 0.05) is 7.05 Å². The molecule has 1 fully saturated rings. The summed E-state index contributed by atoms with van der Waals surface area (Å²) in [6, 6.07) is 6.40. The molecule has 4 rings (SSSR count). The van der Waals surface area contributed by atoms with E-state index in [1.165, 1.54) is 6.07 Å². The first kappa shape index (κ1) is 17.4. The molecule has 2 aromatic heterocycles. The highest BCUT2D eigenvalue weighted by atomic mass is 19.1. The molecule has 1 saturated carbocycles. The van der Waals surface area contributed by atoms with Gasteiger partial charge in [0.25, 0.3) is 0 Å². The first-order valence-corrected chi connectivity index (χ1v) is 8.97. The van der Waals surface area contributed by atoms with Gasteiger partial charge in [0.2, 0.25) is 5.82 Å². The van der Waals surface area contributed by atoms with Gasteiger partial charge in [0.1, 0.15) is 17.2 Å². The maximum Gasteiger partial charge on any atom is 0.209 e. The van der Waals surface area contributed by atoms with E-state index in [-0.39, 0.29) is 17.5 Å². The van der Waals surface area contributed by atoms with Gasteiger partial charge in [-0.25, -0.2) is 19.3 Å². The fourth-order valence-corrected chi connectivity index (χ4v) is 3.46. The van der Waals surface area contributed by atoms with E-state index >= 15 is 0 Å². The third-order valence-corrected chi connectivity index (χ3v) is 4.95. The van der Waals surface area contributed by atoms with Crippen LogP contribution < -0.4 is 5.73 Å². The van der Waals surface area contributed by atoms with E-state index in [4.69, 9.17) is 5.73 Å². The second kappa shape index (κ2) is 6.63. The van der Waals surface area contributed by atoms with E-state index in [0.717, 1.165) is 19.3 Å². The van der Waals surface area contributed by atoms with Gasteiger partial charge in [-0.2, -0.15) is 0 Å². The minimum Gasteiger partial charge on any atom is -0.382 e. The lowest BCUT2D eigenvalue weighted by atomic mass is 9.85. The molecule has 1 aromatic carbocycles. The molecule has 0 spiro atoms. The molecule has 0 bridgehead atoms. The van der Waals surface area contributed by atoms with Crippen LogP contribution in [-0.2, 0) is 7.05 Å². The Morgan fingerprint density at radius 2 is 1.89 bits per heavy atom. The number of aromatic nitrogens is 4. The van der Waals surface area contributed by atoms with Crippen molar-refractivity contribution < 1.29 is 9.50 Å². The Bertz CT molecular complexity index is 1070. The van der Waals surface area contributed by atoms with Gasteiger partial charge in [-0.15, -0.1) is 0 Å². The maximum absolute atomic E-state index is 14.2. The largest absolute Gasteiger partial charge is 0.382 e. The summed E-state index contributed by atoms with van der Waals surface area (Å²) < 4.78 is 15.8. The zero-order chi connectivity index (χ0) is 19.0. The van der Waals surface area contributed by atoms with Crippen LogP contribution >= 0.6 is 0 Å². The van der Waals surface area contributed by atoms with Crippen molar-refractivity contribution in [3.8, 4) is 23.2 Å². The standard InChI is InChI=1S/C20H20FN5O/c1-26-18(13-7-3-4-8-14(13)21)25-16-17(22)23-15(24-19(16)26)9-12-20(27)10-5-2-6-11-20/h3-4,7-8,27H,2,5-6,10-11H2,1H3,(H2,22,23,24). The highest BCUT2D eigenvalue weighted by Crippen LogP contribution is 2.28. The topological polar surface area (TPSA) is 89.9 Å². The van der Waals surface area contributed by atoms with Crippen LogP contribution in [0.1, 0.15) is 37.9 Å². The van der Waals surface area contributed by atoms with Crippen LogP contribution in [0.25, 0.3) is 22.6 Å². The predicted molar refractivity (Wildman–Crippen MR) is 101 cm³/mol. The smallest absolute Gasteiger partial charge is 0.209 e. The molecule has 3 aromatic rings. The van der Waals surface area contributed by atoms with Crippen LogP contribution in [0.3, 0.4) is 0 Å². The first-order chi connectivity index (χ1) is 13.0. The van der Waals surface area contributed by atoms with Crippen molar-refractivity contribution in [2.45, 2.75) is 37.7 Å². The zero-order valence-electron chi connectivity index (χ0n) is 15.0. The highest BCUT2D eigenvalue weighted by molar-refractivity contribution is 5.85. The van der Waals surface area contributed by atoms with E-state index in [1.54, 1.807) is 29.8 Å². The molecule has 0 amide bonds. The summed E-state index contributed by atoms with van der Waals surface area (Å²) in [7, 11) is 1.75. The van der Waals surface area contributed by atoms with Crippen molar-refractivity contribution in [1.29, 1.82) is 0 Å². The fraction of sp³-hybridized carbons (Fsp3) is 0.350. The minimum absolute atomic E-state index is 0.179. The number of nitrogens with zero attached hydrogens (tertiary/aromatic N) is 4. The number of anilines is 1. The number of aryl methyl sites for hydroxylation is 1. The van der Waals surface area contributed by atoms with Crippen LogP contribution in [0.5, 0.6) is 0 Å². The summed E-state index contributed by atoms with van der Waals surface area (Å²) in [6.07, 6.45) is 4.34. The van der Waals surface area contributed by atoms with Crippen LogP contribution in [-0.4, -0.2) is 30.2 Å². The molecule has 0 radical (unpaired) electrons. The molecule has 3 N–H and O–H groups in total. The van der Waals surface area contributed by atoms with Gasteiger partial charge < -0.3 is 15.4 Å². The molecule has 0 aliphatic heterocycles. The van der Waals surface area contributed by atoms with Crippen LogP contribution in [0.2, 0.25) is 0 Å². The number of rotatable bonds is 1. The molecule has 7 heteroatoms. The fourth-order valence-electron chi connectivity index (χ4n) is 3.46. The Hall–Kier alpha value is -2.98. The van der Waals surface area contributed by atoms with E-state index in [2.05, 4.69) is 26.8 Å². The van der Waals surface area contributed by atoms with Crippen molar-refractivity contribution in [1.82, 2.24) is 19.5 Å². The summed E-state index contributed by atoms with van der Waals surface area (Å²) in [6.45, 7) is 0. The van der Waals surface area contributed by atoms with Crippen molar-refractivity contribution in [3.05, 3.63) is 35.9 Å². The summed E-state index contributed by atoms with van der Waals surface area (Å²) in [5.74, 6) is 6.21. The van der Waals surface area contributed by atoms with Crippen molar-refractivity contribution >= 4 is 17.0 Å². The summed E-state index contributed by atoms with van der Waals surface area (Å²) in [4.78, 5) is 13.1. The molecule has 0 unspecified atom stereocenters. The quantitative estimate of drug-likeness (QED) is 0.647. The number of halogens is 1. The SMILES string of the molecule is Cn1c(-c2ccccc2F)nc2c(N)nc(C#CC3(O)CCCCC3)nc21. The molecular weight excluding hydrogens is 345 g/mol. The normalized spacial score (nSPS) is 16.1. The summed E-state index contributed by atoms with van der Waals surface area (Å²) in [5.41, 5.74) is 6.29. The molecule has 1 aliphatic carbocycles. The Kier molecular flexibility index (Phi) is 4.28. The third-order valence-electron chi connectivity index (χ3n) is 4.95. The molecule has 1 aliphatic rings. The monoisotopic (exact) mass is 365 g/mol. The number of hydrogen-bond donors (Lipinski definition) is 2. The van der Waals surface area contributed by atoms with Crippen molar-refractivity contribution in [2.75, 3.05) is 5.73 Å². The first-order valence-electron chi connectivity index (χ1n) is 8.97. The average molecular weight is 365 g/mol. The predicted octanol–water partition coefficient (Wildman–Crippen LogP) is 2.80. The molecule has 2 heterocycles. The molecular formula is C20H20FN5O. The average Bonchev–Trinajstić information content (AvgIpc) is 2.99. The van der Waals surface area contributed by atoms with Gasteiger partial charge in [-0.3, -0.25) is 0 Å². The van der Waals surface area contributed by atoms with Gasteiger partial charge in [0.15, 0.2) is 17.0 Å². The number of hydrogen-bond acceptors (Lipinski definition) is 5. The molecule has 0 saturated heterocycles. The molecule has 0 atom stereocenters. The van der Waals surface area contributed by atoms with Crippen LogP contribution in [0.4, 0.5) is 10.2 Å². The zero-order valence-corrected chi connectivity index (χ0v) is 15.0. The van der Waals surface area contributed by atoms with E-state index in [1.807, 2.05) is 0 Å². The second-order valence-corrected chi connectivity index (χ2v) is 6.92. The van der Waals surface area contributed by atoms with Gasteiger partial charge in [-0.1, -0.05) is 24.5 Å². The molecule has 27 heavy (non-hydrogen) atoms. The number of aliphatic hydroxyl groups is 1. The van der Waals surface area contributed by atoms with Gasteiger partial charge in [-0.05, 0) is 43.7 Å². The Balaban J connectivity index is 1.78. The number of nitrogen functional groups attached to an aromatic ring is 1. The second-order valence-electron chi connectivity index (χ2n) is 6.92. The van der Waals surface area contributed by atoms with E-state index in [0.29, 0.717) is 35.4 Å². The lowest BCUT2D eigenvalue weighted by molar-refractivity contribution is 0.0610. The Labute approximate surface area is 156 Å². The molecule has 6 nitrogen and oxygen atoms in total. The van der Waals surface area contributed by atoms with Crippen molar-refractivity contribution in [3.63, 3.8) is 0 Å². The number of nitrogens with two attached hydrogens (primary N) is 1. The van der Waals surface area contributed by atoms with E-state index in [9.17, 15) is 9.50 Å². The number of benzene rings is 1. The lowest BCUT2D eigenvalue weighted by Crippen LogP contribution is -2.29. The highest BCUT2D eigenvalue weighted by Gasteiger charge is 2.26. The van der Waals surface area contributed by atoms with Crippen LogP contribution in [0, 0.1) is 17.7 Å². The number of fused-ring (bicyclic) bond motifs is 1. The third kappa shape index (κ3) is 3.24. The summed E-state index contributed by atoms with van der Waals surface area (Å²) in [5, 5.41) is 10.5. The Morgan fingerprint density at radius 1 is 1.15 bits per heavy atom.